The van der Waals surface area contributed by atoms with Crippen molar-refractivity contribution in [1.82, 2.24) is 10.2 Å². The standard InChI is InChI=1S/C30H27ClFN3O5/c1-3-7-21-14-20(16-26(39-4-2)28(21)40-18-19-10-12-22(31)13-11-19)15-25-29(37)35(30(38)34-25)17-27(36)33-24-9-6-5-8-23(24)32/h3,5-6,8-16H,1,4,7,17-18H2,2H3,(H,33,36)(H,34,38)/b25-15+. The van der Waals surface area contributed by atoms with E-state index in [4.69, 9.17) is 21.1 Å². The second kappa shape index (κ2) is 12.9. The molecular weight excluding hydrogens is 537 g/mol. The maximum Gasteiger partial charge on any atom is 0.329 e. The molecule has 8 nitrogen and oxygen atoms in total. The summed E-state index contributed by atoms with van der Waals surface area (Å²) in [6.07, 6.45) is 3.66. The van der Waals surface area contributed by atoms with Gasteiger partial charge in [0.2, 0.25) is 5.91 Å². The van der Waals surface area contributed by atoms with Gasteiger partial charge in [-0.25, -0.2) is 14.1 Å². The molecule has 0 unspecified atom stereocenters. The minimum Gasteiger partial charge on any atom is -0.490 e. The van der Waals surface area contributed by atoms with Gasteiger partial charge in [-0.2, -0.15) is 0 Å². The van der Waals surface area contributed by atoms with Gasteiger partial charge >= 0.3 is 6.03 Å². The highest BCUT2D eigenvalue weighted by Gasteiger charge is 2.35. The number of anilines is 1. The lowest BCUT2D eigenvalue weighted by molar-refractivity contribution is -0.127. The fraction of sp³-hybridized carbons (Fsp3) is 0.167. The van der Waals surface area contributed by atoms with Crippen LogP contribution in [-0.4, -0.2) is 35.9 Å². The molecule has 0 aromatic heterocycles. The summed E-state index contributed by atoms with van der Waals surface area (Å²) in [5, 5.41) is 5.48. The highest BCUT2D eigenvalue weighted by molar-refractivity contribution is 6.30. The Kier molecular flexibility index (Phi) is 9.19. The van der Waals surface area contributed by atoms with Gasteiger partial charge in [-0.05, 0) is 66.9 Å². The van der Waals surface area contributed by atoms with Gasteiger partial charge in [0.25, 0.3) is 5.91 Å². The molecule has 2 N–H and O–H groups in total. The Labute approximate surface area is 236 Å². The first-order chi connectivity index (χ1) is 19.3. The number of urea groups is 1. The molecule has 1 aliphatic rings. The summed E-state index contributed by atoms with van der Waals surface area (Å²) in [5.41, 5.74) is 2.18. The second-order valence-electron chi connectivity index (χ2n) is 8.76. The molecule has 3 aromatic carbocycles. The lowest BCUT2D eigenvalue weighted by Gasteiger charge is -2.17. The van der Waals surface area contributed by atoms with Gasteiger partial charge < -0.3 is 20.1 Å². The Morgan fingerprint density at radius 1 is 1.12 bits per heavy atom. The number of amides is 4. The third kappa shape index (κ3) is 6.86. The van der Waals surface area contributed by atoms with Crippen molar-refractivity contribution >= 4 is 41.2 Å². The number of benzene rings is 3. The van der Waals surface area contributed by atoms with Gasteiger partial charge in [-0.1, -0.05) is 41.9 Å². The molecule has 4 rings (SSSR count). The predicted octanol–water partition coefficient (Wildman–Crippen LogP) is 5.72. The van der Waals surface area contributed by atoms with Crippen LogP contribution in [0.4, 0.5) is 14.9 Å². The lowest BCUT2D eigenvalue weighted by atomic mass is 10.0. The number of para-hydroxylation sites is 1. The first kappa shape index (κ1) is 28.4. The first-order valence-electron chi connectivity index (χ1n) is 12.5. The van der Waals surface area contributed by atoms with Crippen LogP contribution >= 0.6 is 11.6 Å². The summed E-state index contributed by atoms with van der Waals surface area (Å²) < 4.78 is 25.8. The molecule has 1 aliphatic heterocycles. The van der Waals surface area contributed by atoms with Crippen molar-refractivity contribution in [3.05, 3.63) is 107 Å². The van der Waals surface area contributed by atoms with Crippen LogP contribution in [0.1, 0.15) is 23.6 Å². The highest BCUT2D eigenvalue weighted by atomic mass is 35.5. The predicted molar refractivity (Wildman–Crippen MR) is 151 cm³/mol. The Balaban J connectivity index is 1.55. The number of imide groups is 1. The van der Waals surface area contributed by atoms with Crippen LogP contribution in [0.25, 0.3) is 6.08 Å². The number of allylic oxidation sites excluding steroid dienone is 1. The molecule has 40 heavy (non-hydrogen) atoms. The zero-order valence-electron chi connectivity index (χ0n) is 21.7. The average Bonchev–Trinajstić information content (AvgIpc) is 3.18. The number of hydrogen-bond donors (Lipinski definition) is 2. The molecule has 10 heteroatoms. The quantitative estimate of drug-likeness (QED) is 0.177. The fourth-order valence-corrected chi connectivity index (χ4v) is 4.14. The van der Waals surface area contributed by atoms with Gasteiger partial charge in [0.1, 0.15) is 24.7 Å². The molecule has 206 valence electrons. The Bertz CT molecular complexity index is 1470. The fourth-order valence-electron chi connectivity index (χ4n) is 4.01. The number of nitrogens with one attached hydrogen (secondary N) is 2. The molecule has 0 bridgehead atoms. The summed E-state index contributed by atoms with van der Waals surface area (Å²) >= 11 is 5.98. The Morgan fingerprint density at radius 2 is 1.88 bits per heavy atom. The maximum absolute atomic E-state index is 13.9. The van der Waals surface area contributed by atoms with E-state index in [0.717, 1.165) is 16.0 Å². The number of rotatable bonds is 11. The SMILES string of the molecule is C=CCc1cc(/C=C2/NC(=O)N(CC(=O)Nc3ccccc3F)C2=O)cc(OCC)c1OCc1ccc(Cl)cc1. The highest BCUT2D eigenvalue weighted by Crippen LogP contribution is 2.35. The van der Waals surface area contributed by atoms with Gasteiger partial charge in [0, 0.05) is 10.6 Å². The van der Waals surface area contributed by atoms with Crippen molar-refractivity contribution in [2.75, 3.05) is 18.5 Å². The minimum atomic E-state index is -0.765. The largest absolute Gasteiger partial charge is 0.490 e. The Morgan fingerprint density at radius 3 is 2.58 bits per heavy atom. The van der Waals surface area contributed by atoms with Crippen molar-refractivity contribution in [2.24, 2.45) is 0 Å². The third-order valence-electron chi connectivity index (χ3n) is 5.84. The molecule has 1 saturated heterocycles. The minimum absolute atomic E-state index is 0.0227. The zero-order valence-corrected chi connectivity index (χ0v) is 22.5. The molecule has 0 saturated carbocycles. The van der Waals surface area contributed by atoms with E-state index in [1.165, 1.54) is 24.3 Å². The maximum atomic E-state index is 13.9. The smallest absolute Gasteiger partial charge is 0.329 e. The summed E-state index contributed by atoms with van der Waals surface area (Å²) in [4.78, 5) is 38.7. The summed E-state index contributed by atoms with van der Waals surface area (Å²) in [6.45, 7) is 5.72. The third-order valence-corrected chi connectivity index (χ3v) is 6.09. The van der Waals surface area contributed by atoms with Gasteiger partial charge in [0.05, 0.1) is 12.3 Å². The van der Waals surface area contributed by atoms with Gasteiger partial charge in [0.15, 0.2) is 11.5 Å². The van der Waals surface area contributed by atoms with Crippen LogP contribution in [0.15, 0.2) is 79.0 Å². The van der Waals surface area contributed by atoms with E-state index in [1.807, 2.05) is 19.1 Å². The van der Waals surface area contributed by atoms with Crippen LogP contribution < -0.4 is 20.1 Å². The van der Waals surface area contributed by atoms with Crippen molar-refractivity contribution < 1.29 is 28.2 Å². The van der Waals surface area contributed by atoms with Crippen molar-refractivity contribution in [1.29, 1.82) is 0 Å². The van der Waals surface area contributed by atoms with E-state index < -0.39 is 30.2 Å². The van der Waals surface area contributed by atoms with E-state index in [1.54, 1.807) is 36.4 Å². The number of nitrogens with zero attached hydrogens (tertiary/aromatic N) is 1. The van der Waals surface area contributed by atoms with E-state index in [0.29, 0.717) is 35.1 Å². The van der Waals surface area contributed by atoms with E-state index >= 15 is 0 Å². The molecule has 0 aliphatic carbocycles. The molecule has 0 spiro atoms. The normalized spacial score (nSPS) is 13.8. The van der Waals surface area contributed by atoms with Crippen LogP contribution in [-0.2, 0) is 22.6 Å². The van der Waals surface area contributed by atoms with Gasteiger partial charge in [-0.15, -0.1) is 6.58 Å². The topological polar surface area (TPSA) is 97.0 Å². The molecule has 1 heterocycles. The number of carbonyl (C=O) groups is 3. The number of halogens is 2. The number of carbonyl (C=O) groups excluding carboxylic acids is 3. The van der Waals surface area contributed by atoms with Crippen molar-refractivity contribution in [3.63, 3.8) is 0 Å². The Hall–Kier alpha value is -4.63. The van der Waals surface area contributed by atoms with Crippen LogP contribution in [0.3, 0.4) is 0 Å². The van der Waals surface area contributed by atoms with Crippen molar-refractivity contribution in [3.8, 4) is 11.5 Å². The van der Waals surface area contributed by atoms with Crippen LogP contribution in [0, 0.1) is 5.82 Å². The molecule has 4 amide bonds. The monoisotopic (exact) mass is 563 g/mol. The average molecular weight is 564 g/mol. The van der Waals surface area contributed by atoms with Crippen molar-refractivity contribution in [2.45, 2.75) is 20.0 Å². The molecule has 1 fully saturated rings. The van der Waals surface area contributed by atoms with E-state index in [9.17, 15) is 18.8 Å². The molecule has 0 atom stereocenters. The summed E-state index contributed by atoms with van der Waals surface area (Å²) in [5.74, 6) is -1.05. The number of hydrogen-bond acceptors (Lipinski definition) is 5. The molecule has 3 aromatic rings. The zero-order chi connectivity index (χ0) is 28.6. The second-order valence-corrected chi connectivity index (χ2v) is 9.19. The van der Waals surface area contributed by atoms with Gasteiger partial charge in [-0.3, -0.25) is 9.59 Å². The lowest BCUT2D eigenvalue weighted by Crippen LogP contribution is -2.38. The van der Waals surface area contributed by atoms with E-state index in [2.05, 4.69) is 17.2 Å². The summed E-state index contributed by atoms with van der Waals surface area (Å²) in [7, 11) is 0. The number of ether oxygens (including phenoxy) is 2. The first-order valence-corrected chi connectivity index (χ1v) is 12.8. The molecule has 0 radical (unpaired) electrons. The van der Waals surface area contributed by atoms with E-state index in [-0.39, 0.29) is 18.0 Å². The van der Waals surface area contributed by atoms with Crippen LogP contribution in [0.5, 0.6) is 11.5 Å². The van der Waals surface area contributed by atoms with Crippen LogP contribution in [0.2, 0.25) is 5.02 Å². The summed E-state index contributed by atoms with van der Waals surface area (Å²) in [6, 6.07) is 15.6. The molecular formula is C30H27ClFN3O5.